The summed E-state index contributed by atoms with van der Waals surface area (Å²) in [6.45, 7) is 7.27. The Labute approximate surface area is 206 Å². The molecule has 1 aromatic carbocycles. The van der Waals surface area contributed by atoms with Crippen molar-refractivity contribution in [2.45, 2.75) is 44.8 Å². The molecule has 0 spiro atoms. The number of halogens is 3. The van der Waals surface area contributed by atoms with Gasteiger partial charge in [-0.15, -0.1) is 0 Å². The highest BCUT2D eigenvalue weighted by Gasteiger charge is 2.33. The third kappa shape index (κ3) is 5.67. The Balaban J connectivity index is 0.00000342. The third-order valence-electron chi connectivity index (χ3n) is 6.98. The van der Waals surface area contributed by atoms with Gasteiger partial charge in [-0.3, -0.25) is 9.69 Å². The van der Waals surface area contributed by atoms with Crippen LogP contribution in [0.3, 0.4) is 0 Å². The van der Waals surface area contributed by atoms with Crippen molar-refractivity contribution in [2.75, 3.05) is 44.7 Å². The van der Waals surface area contributed by atoms with E-state index < -0.39 is 11.6 Å². The second-order valence-electron chi connectivity index (χ2n) is 9.24. The number of anilines is 1. The average Bonchev–Trinajstić information content (AvgIpc) is 2.84. The van der Waals surface area contributed by atoms with Crippen LogP contribution in [-0.2, 0) is 6.54 Å². The first kappa shape index (κ1) is 24.8. The van der Waals surface area contributed by atoms with Gasteiger partial charge in [0.05, 0.1) is 10.6 Å². The molecule has 0 radical (unpaired) electrons. The van der Waals surface area contributed by atoms with Gasteiger partial charge in [-0.1, -0.05) is 24.6 Å². The van der Waals surface area contributed by atoms with E-state index in [1.807, 2.05) is 0 Å². The molecule has 1 atom stereocenters. The molecule has 2 aromatic rings. The van der Waals surface area contributed by atoms with Crippen molar-refractivity contribution in [3.8, 4) is 0 Å². The summed E-state index contributed by atoms with van der Waals surface area (Å²) in [5.41, 5.74) is 0.796. The molecule has 2 aliphatic rings. The Hall–Kier alpha value is -2.29. The number of rotatable bonds is 6. The molecule has 1 aromatic heterocycles. The van der Waals surface area contributed by atoms with Crippen molar-refractivity contribution in [3.63, 3.8) is 0 Å². The van der Waals surface area contributed by atoms with Crippen LogP contribution in [0.1, 0.15) is 43.5 Å². The van der Waals surface area contributed by atoms with Gasteiger partial charge in [0.2, 0.25) is 0 Å². The van der Waals surface area contributed by atoms with E-state index in [-0.39, 0.29) is 13.9 Å². The van der Waals surface area contributed by atoms with Gasteiger partial charge in [0.25, 0.3) is 5.91 Å². The van der Waals surface area contributed by atoms with Crippen LogP contribution < -0.4 is 10.2 Å². The summed E-state index contributed by atoms with van der Waals surface area (Å²) in [6.07, 6.45) is 5.00. The number of piperidine rings is 1. The maximum Gasteiger partial charge on any atom is 0.253 e. The molecule has 6 nitrogen and oxygen atoms in total. The first-order valence-corrected chi connectivity index (χ1v) is 12.3. The van der Waals surface area contributed by atoms with Crippen molar-refractivity contribution in [3.05, 3.63) is 58.2 Å². The van der Waals surface area contributed by atoms with Crippen LogP contribution >= 0.6 is 11.6 Å². The summed E-state index contributed by atoms with van der Waals surface area (Å²) >= 11 is 6.56. The standard InChI is InChI=1S/C25H32ClF2N5O.H2/c1-3-19-16-32(10-11-33(19)20-6-8-31(2)9-7-20)24-21(26)13-18(15-29-24)25(34)30-14-17-4-5-22(27)23(28)12-17;/h4-5,12-13,15,19-20H,3,6-11,14,16H2,1-2H3,(H,30,34);1H/t19-;/m0./s1. The maximum atomic E-state index is 13.4. The summed E-state index contributed by atoms with van der Waals surface area (Å²) in [7, 11) is 2.19. The predicted molar refractivity (Wildman–Crippen MR) is 132 cm³/mol. The van der Waals surface area contributed by atoms with Gasteiger partial charge in [-0.25, -0.2) is 13.8 Å². The Morgan fingerprint density at radius 1 is 1.18 bits per heavy atom. The van der Waals surface area contributed by atoms with Crippen LogP contribution in [0.4, 0.5) is 14.6 Å². The number of carbonyl (C=O) groups excluding carboxylic acids is 1. The fraction of sp³-hybridized carbons (Fsp3) is 0.520. The molecule has 2 saturated heterocycles. The Bertz CT molecular complexity index is 1020. The van der Waals surface area contributed by atoms with Crippen LogP contribution in [-0.4, -0.2) is 72.5 Å². The second-order valence-corrected chi connectivity index (χ2v) is 9.65. The van der Waals surface area contributed by atoms with Gasteiger partial charge in [0, 0.05) is 45.9 Å². The molecule has 2 aliphatic heterocycles. The summed E-state index contributed by atoms with van der Waals surface area (Å²) in [5.74, 6) is -1.54. The quantitative estimate of drug-likeness (QED) is 0.654. The maximum absolute atomic E-state index is 13.4. The molecule has 0 unspecified atom stereocenters. The average molecular weight is 494 g/mol. The number of pyridine rings is 1. The number of likely N-dealkylation sites (tertiary alicyclic amines) is 1. The van der Waals surface area contributed by atoms with Crippen LogP contribution in [0, 0.1) is 11.6 Å². The Morgan fingerprint density at radius 3 is 2.62 bits per heavy atom. The fourth-order valence-corrected chi connectivity index (χ4v) is 5.24. The smallest absolute Gasteiger partial charge is 0.253 e. The minimum Gasteiger partial charge on any atom is -0.353 e. The second kappa shape index (κ2) is 11.0. The highest BCUT2D eigenvalue weighted by Crippen LogP contribution is 2.29. The van der Waals surface area contributed by atoms with E-state index in [2.05, 4.69) is 39.0 Å². The highest BCUT2D eigenvalue weighted by molar-refractivity contribution is 6.33. The molecule has 9 heteroatoms. The predicted octanol–water partition coefficient (Wildman–Crippen LogP) is 4.18. The Kier molecular flexibility index (Phi) is 8.01. The number of hydrogen-bond acceptors (Lipinski definition) is 5. The van der Waals surface area contributed by atoms with Crippen molar-refractivity contribution >= 4 is 23.3 Å². The first-order valence-electron chi connectivity index (χ1n) is 11.9. The van der Waals surface area contributed by atoms with Gasteiger partial charge in [-0.2, -0.15) is 0 Å². The van der Waals surface area contributed by atoms with Gasteiger partial charge in [0.15, 0.2) is 11.6 Å². The van der Waals surface area contributed by atoms with E-state index >= 15 is 0 Å². The largest absolute Gasteiger partial charge is 0.353 e. The lowest BCUT2D eigenvalue weighted by Crippen LogP contribution is -2.58. The number of amides is 1. The lowest BCUT2D eigenvalue weighted by atomic mass is 9.98. The Morgan fingerprint density at radius 2 is 1.94 bits per heavy atom. The van der Waals surface area contributed by atoms with Gasteiger partial charge >= 0.3 is 0 Å². The van der Waals surface area contributed by atoms with E-state index in [0.717, 1.165) is 51.3 Å². The summed E-state index contributed by atoms with van der Waals surface area (Å²) < 4.78 is 26.5. The van der Waals surface area contributed by atoms with Crippen molar-refractivity contribution < 1.29 is 15.0 Å². The van der Waals surface area contributed by atoms with E-state index in [0.29, 0.717) is 34.1 Å². The molecule has 1 N–H and O–H groups in total. The van der Waals surface area contributed by atoms with Crippen LogP contribution in [0.2, 0.25) is 5.02 Å². The number of hydrogen-bond donors (Lipinski definition) is 1. The zero-order chi connectivity index (χ0) is 24.2. The van der Waals surface area contributed by atoms with E-state index in [9.17, 15) is 13.6 Å². The third-order valence-corrected chi connectivity index (χ3v) is 7.26. The lowest BCUT2D eigenvalue weighted by molar-refractivity contribution is 0.0701. The molecule has 2 fully saturated rings. The summed E-state index contributed by atoms with van der Waals surface area (Å²) in [4.78, 5) is 24.3. The van der Waals surface area contributed by atoms with Gasteiger partial charge in [0.1, 0.15) is 5.82 Å². The molecule has 0 aliphatic carbocycles. The first-order chi connectivity index (χ1) is 16.4. The molecular formula is C25H34ClF2N5O. The monoisotopic (exact) mass is 493 g/mol. The molecule has 3 heterocycles. The number of nitrogens with zero attached hydrogens (tertiary/aromatic N) is 4. The van der Waals surface area contributed by atoms with E-state index in [1.54, 1.807) is 6.07 Å². The van der Waals surface area contributed by atoms with E-state index in [1.165, 1.54) is 25.1 Å². The zero-order valence-electron chi connectivity index (χ0n) is 19.7. The zero-order valence-corrected chi connectivity index (χ0v) is 20.5. The molecular weight excluding hydrogens is 460 g/mol. The fourth-order valence-electron chi connectivity index (χ4n) is 4.95. The van der Waals surface area contributed by atoms with Crippen molar-refractivity contribution in [2.24, 2.45) is 0 Å². The molecule has 1 amide bonds. The van der Waals surface area contributed by atoms with Crippen LogP contribution in [0.15, 0.2) is 30.5 Å². The number of nitrogens with one attached hydrogen (secondary N) is 1. The number of aromatic nitrogens is 1. The van der Waals surface area contributed by atoms with Crippen molar-refractivity contribution in [1.29, 1.82) is 0 Å². The molecule has 34 heavy (non-hydrogen) atoms. The molecule has 0 saturated carbocycles. The van der Waals surface area contributed by atoms with Crippen LogP contribution in [0.25, 0.3) is 0 Å². The highest BCUT2D eigenvalue weighted by atomic mass is 35.5. The summed E-state index contributed by atoms with van der Waals surface area (Å²) in [6, 6.07) is 6.24. The number of carbonyl (C=O) groups is 1. The SMILES string of the molecule is CC[C@H]1CN(c2ncc(C(=O)NCc3ccc(F)c(F)c3)cc2Cl)CCN1C1CCN(C)CC1.[HH]. The van der Waals surface area contributed by atoms with Gasteiger partial charge in [-0.05, 0) is 63.2 Å². The number of benzene rings is 1. The number of piperazine rings is 1. The summed E-state index contributed by atoms with van der Waals surface area (Å²) in [5, 5.41) is 3.13. The molecule has 4 rings (SSSR count). The van der Waals surface area contributed by atoms with Crippen molar-refractivity contribution in [1.82, 2.24) is 20.1 Å². The molecule has 0 bridgehead atoms. The topological polar surface area (TPSA) is 51.7 Å². The minimum atomic E-state index is -0.942. The minimum absolute atomic E-state index is 0. The lowest BCUT2D eigenvalue weighted by Gasteiger charge is -2.47. The van der Waals surface area contributed by atoms with Gasteiger partial charge < -0.3 is 15.1 Å². The van der Waals surface area contributed by atoms with Crippen LogP contribution in [0.5, 0.6) is 0 Å². The van der Waals surface area contributed by atoms with E-state index in [4.69, 9.17) is 11.6 Å². The molecule has 186 valence electrons. The normalized spacial score (nSPS) is 20.5.